The first kappa shape index (κ1) is 16.2. The number of hydrogen-bond donors (Lipinski definition) is 0. The predicted octanol–water partition coefficient (Wildman–Crippen LogP) is 1.75. The van der Waals surface area contributed by atoms with Gasteiger partial charge in [-0.3, -0.25) is 0 Å². The van der Waals surface area contributed by atoms with E-state index in [1.54, 1.807) is 0 Å². The number of aromatic nitrogens is 2. The normalized spacial score (nSPS) is 19.9. The molecule has 1 aromatic heterocycles. The minimum absolute atomic E-state index is 0.521. The van der Waals surface area contributed by atoms with E-state index in [0.29, 0.717) is 5.92 Å². The number of ether oxygens (including phenoxy) is 1. The summed E-state index contributed by atoms with van der Waals surface area (Å²) in [6.07, 6.45) is 4.14. The van der Waals surface area contributed by atoms with Crippen molar-refractivity contribution in [1.29, 1.82) is 0 Å². The summed E-state index contributed by atoms with van der Waals surface area (Å²) >= 11 is 0. The number of hydrogen-bond acceptors (Lipinski definition) is 5. The van der Waals surface area contributed by atoms with Crippen molar-refractivity contribution >= 4 is 5.82 Å². The van der Waals surface area contributed by atoms with E-state index in [2.05, 4.69) is 35.8 Å². The summed E-state index contributed by atoms with van der Waals surface area (Å²) in [4.78, 5) is 13.7. The van der Waals surface area contributed by atoms with E-state index in [-0.39, 0.29) is 0 Å². The summed E-state index contributed by atoms with van der Waals surface area (Å²) in [5.41, 5.74) is 1.26. The predicted molar refractivity (Wildman–Crippen MR) is 85.8 cm³/mol. The molecule has 21 heavy (non-hydrogen) atoms. The van der Waals surface area contributed by atoms with Gasteiger partial charge in [-0.15, -0.1) is 0 Å². The largest absolute Gasteiger partial charge is 0.379 e. The molecule has 5 nitrogen and oxygen atoms in total. The van der Waals surface area contributed by atoms with Crippen LogP contribution in [0.4, 0.5) is 5.82 Å². The van der Waals surface area contributed by atoms with Gasteiger partial charge < -0.3 is 14.5 Å². The molecule has 1 atom stereocenters. The zero-order valence-corrected chi connectivity index (χ0v) is 13.8. The number of rotatable bonds is 5. The molecule has 1 saturated heterocycles. The second-order valence-corrected chi connectivity index (χ2v) is 6.17. The van der Waals surface area contributed by atoms with Gasteiger partial charge in [-0.2, -0.15) is 0 Å². The van der Waals surface area contributed by atoms with Crippen LogP contribution in [0.2, 0.25) is 0 Å². The molecule has 0 bridgehead atoms. The van der Waals surface area contributed by atoms with Crippen LogP contribution in [0.1, 0.15) is 24.7 Å². The smallest absolute Gasteiger partial charge is 0.135 e. The first-order chi connectivity index (χ1) is 10.1. The molecule has 2 rings (SSSR count). The lowest BCUT2D eigenvalue weighted by atomic mass is 10.1. The lowest BCUT2D eigenvalue weighted by molar-refractivity contribution is 0.113. The Balaban J connectivity index is 2.19. The third-order valence-electron chi connectivity index (χ3n) is 3.74. The van der Waals surface area contributed by atoms with Gasteiger partial charge in [0.15, 0.2) is 0 Å². The maximum Gasteiger partial charge on any atom is 0.135 e. The first-order valence-corrected chi connectivity index (χ1v) is 7.90. The molecular weight excluding hydrogens is 264 g/mol. The highest BCUT2D eigenvalue weighted by Crippen LogP contribution is 2.21. The molecule has 1 aliphatic rings. The highest BCUT2D eigenvalue weighted by Gasteiger charge is 2.22. The Hall–Kier alpha value is -1.20. The van der Waals surface area contributed by atoms with Gasteiger partial charge in [0.1, 0.15) is 11.6 Å². The van der Waals surface area contributed by atoms with Crippen molar-refractivity contribution in [3.05, 3.63) is 17.6 Å². The standard InChI is InChI=1S/C16H28N4O/c1-5-6-15-9-17-13(2)18-16(15)20-7-8-21-12-14(11-20)10-19(3)4/h9,14H,5-8,10-12H2,1-4H3. The van der Waals surface area contributed by atoms with Crippen LogP contribution in [-0.2, 0) is 11.2 Å². The topological polar surface area (TPSA) is 41.5 Å². The maximum atomic E-state index is 5.78. The quantitative estimate of drug-likeness (QED) is 0.827. The highest BCUT2D eigenvalue weighted by atomic mass is 16.5. The molecule has 1 aliphatic heterocycles. The molecule has 2 heterocycles. The molecule has 0 saturated carbocycles. The zero-order valence-electron chi connectivity index (χ0n) is 13.8. The van der Waals surface area contributed by atoms with Crippen LogP contribution in [-0.4, -0.2) is 61.8 Å². The number of nitrogens with zero attached hydrogens (tertiary/aromatic N) is 4. The van der Waals surface area contributed by atoms with Crippen molar-refractivity contribution in [3.63, 3.8) is 0 Å². The van der Waals surface area contributed by atoms with E-state index in [1.165, 1.54) is 5.56 Å². The van der Waals surface area contributed by atoms with Gasteiger partial charge in [-0.05, 0) is 27.4 Å². The number of anilines is 1. The number of aryl methyl sites for hydroxylation is 2. The van der Waals surface area contributed by atoms with Gasteiger partial charge in [0.2, 0.25) is 0 Å². The van der Waals surface area contributed by atoms with Crippen molar-refractivity contribution in [2.24, 2.45) is 5.92 Å². The summed E-state index contributed by atoms with van der Waals surface area (Å²) in [7, 11) is 4.24. The van der Waals surface area contributed by atoms with Crippen LogP contribution in [0, 0.1) is 12.8 Å². The summed E-state index contributed by atoms with van der Waals surface area (Å²) in [5, 5.41) is 0. The lowest BCUT2D eigenvalue weighted by Crippen LogP contribution is -2.36. The van der Waals surface area contributed by atoms with E-state index in [0.717, 1.165) is 57.3 Å². The van der Waals surface area contributed by atoms with Crippen LogP contribution in [0.5, 0.6) is 0 Å². The van der Waals surface area contributed by atoms with E-state index in [9.17, 15) is 0 Å². The van der Waals surface area contributed by atoms with Crippen molar-refractivity contribution in [2.45, 2.75) is 26.7 Å². The summed E-state index contributed by atoms with van der Waals surface area (Å²) in [6.45, 7) is 8.74. The second kappa shape index (κ2) is 7.71. The fraction of sp³-hybridized carbons (Fsp3) is 0.750. The minimum atomic E-state index is 0.521. The molecule has 0 radical (unpaired) electrons. The molecule has 1 aromatic rings. The third kappa shape index (κ3) is 4.64. The Kier molecular flexibility index (Phi) is 5.94. The molecular formula is C16H28N4O. The van der Waals surface area contributed by atoms with Crippen molar-refractivity contribution in [3.8, 4) is 0 Å². The van der Waals surface area contributed by atoms with Crippen LogP contribution in [0.25, 0.3) is 0 Å². The second-order valence-electron chi connectivity index (χ2n) is 6.17. The van der Waals surface area contributed by atoms with Crippen molar-refractivity contribution < 1.29 is 4.74 Å². The molecule has 1 fully saturated rings. The summed E-state index contributed by atoms with van der Waals surface area (Å²) in [5.74, 6) is 2.48. The average Bonchev–Trinajstić information content (AvgIpc) is 2.66. The van der Waals surface area contributed by atoms with Crippen molar-refractivity contribution in [2.75, 3.05) is 51.8 Å². The van der Waals surface area contributed by atoms with Crippen LogP contribution < -0.4 is 4.90 Å². The molecule has 1 unspecified atom stereocenters. The molecule has 0 N–H and O–H groups in total. The fourth-order valence-electron chi connectivity index (χ4n) is 2.90. The molecule has 118 valence electrons. The maximum absolute atomic E-state index is 5.78. The summed E-state index contributed by atoms with van der Waals surface area (Å²) in [6, 6.07) is 0. The van der Waals surface area contributed by atoms with Gasteiger partial charge in [0.05, 0.1) is 13.2 Å². The molecule has 5 heteroatoms. The van der Waals surface area contributed by atoms with Crippen molar-refractivity contribution in [1.82, 2.24) is 14.9 Å². The van der Waals surface area contributed by atoms with Gasteiger partial charge in [0, 0.05) is 37.3 Å². The first-order valence-electron chi connectivity index (χ1n) is 7.90. The van der Waals surface area contributed by atoms with Crippen LogP contribution in [0.15, 0.2) is 6.20 Å². The van der Waals surface area contributed by atoms with E-state index >= 15 is 0 Å². The fourth-order valence-corrected chi connectivity index (χ4v) is 2.90. The van der Waals surface area contributed by atoms with E-state index < -0.39 is 0 Å². The Morgan fingerprint density at radius 1 is 1.43 bits per heavy atom. The monoisotopic (exact) mass is 292 g/mol. The molecule has 0 aliphatic carbocycles. The van der Waals surface area contributed by atoms with Gasteiger partial charge in [-0.1, -0.05) is 13.3 Å². The lowest BCUT2D eigenvalue weighted by Gasteiger charge is -2.27. The Bertz CT molecular complexity index is 450. The molecule has 0 aromatic carbocycles. The Morgan fingerprint density at radius 3 is 2.95 bits per heavy atom. The van der Waals surface area contributed by atoms with E-state index in [1.807, 2.05) is 13.1 Å². The average molecular weight is 292 g/mol. The highest BCUT2D eigenvalue weighted by molar-refractivity contribution is 5.46. The zero-order chi connectivity index (χ0) is 15.2. The SMILES string of the molecule is CCCc1cnc(C)nc1N1CCOCC(CN(C)C)C1. The van der Waals surface area contributed by atoms with Crippen LogP contribution >= 0.6 is 0 Å². The summed E-state index contributed by atoms with van der Waals surface area (Å²) < 4.78 is 5.78. The van der Waals surface area contributed by atoms with Gasteiger partial charge in [0.25, 0.3) is 0 Å². The molecule has 0 spiro atoms. The van der Waals surface area contributed by atoms with Gasteiger partial charge >= 0.3 is 0 Å². The van der Waals surface area contributed by atoms with Gasteiger partial charge in [-0.25, -0.2) is 9.97 Å². The Morgan fingerprint density at radius 2 is 2.24 bits per heavy atom. The van der Waals surface area contributed by atoms with E-state index in [4.69, 9.17) is 9.72 Å². The Labute approximate surface area is 128 Å². The molecule has 0 amide bonds. The third-order valence-corrected chi connectivity index (χ3v) is 3.74. The minimum Gasteiger partial charge on any atom is -0.379 e. The van der Waals surface area contributed by atoms with Crippen LogP contribution in [0.3, 0.4) is 0 Å².